The average molecular weight is 1080 g/mol. The molecule has 26 heteroatoms. The monoisotopic (exact) mass is 1080 g/mol. The number of H-pyrrole nitrogens is 1. The summed E-state index contributed by atoms with van der Waals surface area (Å²) < 4.78 is 78.9. The van der Waals surface area contributed by atoms with Gasteiger partial charge >= 0.3 is 15.0 Å². The quantitative estimate of drug-likeness (QED) is 0.0240. The fourth-order valence-electron chi connectivity index (χ4n) is 8.05. The van der Waals surface area contributed by atoms with Crippen molar-refractivity contribution in [3.05, 3.63) is 147 Å². The van der Waals surface area contributed by atoms with Gasteiger partial charge < -0.3 is 41.9 Å². The van der Waals surface area contributed by atoms with Crippen LogP contribution in [-0.4, -0.2) is 104 Å². The van der Waals surface area contributed by atoms with Crippen LogP contribution in [0.25, 0.3) is 27.2 Å². The molecule has 1 aliphatic heterocycles. The smallest absolute Gasteiger partial charge is 0.497 e. The number of carbonyl (C=O) groups excluding carboxylic acids is 1. The normalized spacial score (nSPS) is 17.9. The third-order valence-corrected chi connectivity index (χ3v) is 14.6. The molecule has 7 aromatic rings. The maximum atomic E-state index is 16.4. The van der Waals surface area contributed by atoms with Gasteiger partial charge in [0, 0.05) is 23.2 Å². The van der Waals surface area contributed by atoms with Gasteiger partial charge in [0.05, 0.1) is 38.8 Å². The first-order valence-electron chi connectivity index (χ1n) is 22.4. The van der Waals surface area contributed by atoms with Crippen LogP contribution in [0.3, 0.4) is 0 Å². The number of rotatable bonds is 23. The Labute approximate surface area is 427 Å². The Morgan fingerprint density at radius 2 is 1.66 bits per heavy atom. The number of ether oxygens (including phenoxy) is 4. The fraction of sp³-hybridized carbons (Fsp3) is 0.340. The maximum absolute atomic E-state index is 16.4. The molecule has 0 spiro atoms. The number of pyridine rings is 1. The van der Waals surface area contributed by atoms with Gasteiger partial charge in [-0.3, -0.25) is 24.5 Å². The van der Waals surface area contributed by atoms with Crippen molar-refractivity contribution in [2.45, 2.75) is 57.2 Å². The summed E-state index contributed by atoms with van der Waals surface area (Å²) in [5.74, 6) is 0.590. The summed E-state index contributed by atoms with van der Waals surface area (Å²) in [5.41, 5.74) is 0.982. The standard InChI is InChI=1S/C47H47ClFN9O12P2S/c1-28(2)43(59)55-46-54-42-39(44(60)56-46)52-27-58(42)45-40(70-71(61)62)38(49)36(69-45)25-68-72(73,66-21-19-50-3)67-22-20-57-37(53-35-23-32(48)24-51-41(35)57)26-65-47(29-9-7-6-8-10-29,30-11-15-33(63-4)16-12-30)31-13-17-34(64-5)18-14-31/h6-18,23-24,27-28,36,38,40,45H,19-22,25-26H2,1-2,4-5H3,(H2-,54,55,56,59,60,61,62)/p+1/t36-,38-,40-,45-,72?/m1/s1. The average Bonchev–Trinajstić information content (AvgIpc) is 4.06. The number of fused-ring (bicyclic) bond motifs is 2. The van der Waals surface area contributed by atoms with E-state index in [1.54, 1.807) is 38.7 Å². The zero-order valence-electron chi connectivity index (χ0n) is 39.5. The first-order valence-corrected chi connectivity index (χ1v) is 26.5. The second-order valence-electron chi connectivity index (χ2n) is 16.5. The Bertz CT molecular complexity index is 3190. The van der Waals surface area contributed by atoms with Gasteiger partial charge in [0.1, 0.15) is 47.8 Å². The number of aromatic nitrogens is 7. The number of benzene rings is 3. The van der Waals surface area contributed by atoms with Crippen LogP contribution >= 0.6 is 26.6 Å². The van der Waals surface area contributed by atoms with Crippen LogP contribution < -0.4 is 20.3 Å². The zero-order valence-corrected chi connectivity index (χ0v) is 42.9. The largest absolute Gasteiger partial charge is 0.695 e. The van der Waals surface area contributed by atoms with E-state index in [1.165, 1.54) is 6.20 Å². The molecule has 0 bridgehead atoms. The molecule has 0 aliphatic carbocycles. The Hall–Kier alpha value is -6.12. The van der Waals surface area contributed by atoms with Gasteiger partial charge in [-0.25, -0.2) is 25.9 Å². The highest BCUT2D eigenvalue weighted by Gasteiger charge is 2.52. The van der Waals surface area contributed by atoms with Crippen LogP contribution in [0, 0.1) is 12.5 Å². The fourth-order valence-corrected chi connectivity index (χ4v) is 10.4. The molecule has 0 saturated carbocycles. The molecule has 1 amide bonds. The van der Waals surface area contributed by atoms with Gasteiger partial charge in [-0.15, -0.1) is 9.42 Å². The number of hydrogen-bond donors (Lipinski definition) is 3. The number of amides is 1. The van der Waals surface area contributed by atoms with Crippen molar-refractivity contribution in [2.24, 2.45) is 5.92 Å². The Kier molecular flexibility index (Phi) is 17.0. The topological polar surface area (TPSA) is 239 Å². The van der Waals surface area contributed by atoms with Crippen LogP contribution in [0.2, 0.25) is 5.02 Å². The molecular formula is C47H48ClFN9O12P2S+. The van der Waals surface area contributed by atoms with Gasteiger partial charge in [0.25, 0.3) is 5.56 Å². The number of imidazole rings is 2. The zero-order chi connectivity index (χ0) is 51.9. The van der Waals surface area contributed by atoms with Crippen molar-refractivity contribution in [1.29, 1.82) is 0 Å². The number of nitrogens with zero attached hydrogens (tertiary/aromatic N) is 7. The maximum Gasteiger partial charge on any atom is 0.695 e. The van der Waals surface area contributed by atoms with Gasteiger partial charge in [-0.1, -0.05) is 80.0 Å². The molecule has 382 valence electrons. The predicted molar refractivity (Wildman–Crippen MR) is 268 cm³/mol. The van der Waals surface area contributed by atoms with E-state index in [4.69, 9.17) is 72.0 Å². The lowest BCUT2D eigenvalue weighted by molar-refractivity contribution is -0.118. The number of hydrogen-bond acceptors (Lipinski definition) is 16. The lowest BCUT2D eigenvalue weighted by Gasteiger charge is -2.36. The van der Waals surface area contributed by atoms with Gasteiger partial charge in [-0.05, 0) is 58.8 Å². The molecule has 0 radical (unpaired) electrons. The molecule has 21 nitrogen and oxygen atoms in total. The first kappa shape index (κ1) is 53.2. The number of methoxy groups -OCH3 is 2. The van der Waals surface area contributed by atoms with Crippen molar-refractivity contribution < 1.29 is 55.7 Å². The molecule has 8 rings (SSSR count). The van der Waals surface area contributed by atoms with Crippen molar-refractivity contribution in [3.8, 4) is 11.5 Å². The van der Waals surface area contributed by atoms with E-state index < -0.39 is 69.2 Å². The number of halogens is 2. The summed E-state index contributed by atoms with van der Waals surface area (Å²) >= 11 is 12.2. The molecule has 1 saturated heterocycles. The molecule has 2 unspecified atom stereocenters. The molecule has 4 aromatic heterocycles. The molecule has 1 fully saturated rings. The Morgan fingerprint density at radius 1 is 1.00 bits per heavy atom. The molecule has 1 aliphatic rings. The second-order valence-corrected chi connectivity index (χ2v) is 20.6. The lowest BCUT2D eigenvalue weighted by atomic mass is 9.80. The van der Waals surface area contributed by atoms with Gasteiger partial charge in [0.15, 0.2) is 35.3 Å². The highest BCUT2D eigenvalue weighted by Crippen LogP contribution is 2.51. The van der Waals surface area contributed by atoms with E-state index >= 15 is 4.39 Å². The summed E-state index contributed by atoms with van der Waals surface area (Å²) in [4.78, 5) is 58.8. The third kappa shape index (κ3) is 11.8. The molecular weight excluding hydrogens is 1030 g/mol. The third-order valence-electron chi connectivity index (χ3n) is 11.6. The van der Waals surface area contributed by atoms with Crippen LogP contribution in [0.15, 0.2) is 102 Å². The predicted octanol–water partition coefficient (Wildman–Crippen LogP) is 7.80. The second kappa shape index (κ2) is 23.4. The Morgan fingerprint density at radius 3 is 2.29 bits per heavy atom. The number of nitrogens with one attached hydrogen (secondary N) is 2. The minimum Gasteiger partial charge on any atom is -0.497 e. The molecule has 6 atom stereocenters. The SMILES string of the molecule is [C-]#[N+]CCOP(=S)(OCCn1c(COC(c2ccccc2)(c2ccc(OC)cc2)c2ccc(OC)cc2)nc2cc(Cl)cnc21)OC[C@H]1O[C@@H](n2cnc3c(=O)[nH]c(NC(=O)C(C)C)nc32)[C@H](O[P+](=O)O)[C@@H]1F. The van der Waals surface area contributed by atoms with Crippen LogP contribution in [0.1, 0.15) is 42.6 Å². The van der Waals surface area contributed by atoms with E-state index in [0.29, 0.717) is 33.5 Å². The van der Waals surface area contributed by atoms with E-state index in [1.807, 2.05) is 78.9 Å². The number of anilines is 1. The van der Waals surface area contributed by atoms with E-state index in [0.717, 1.165) is 27.6 Å². The summed E-state index contributed by atoms with van der Waals surface area (Å²) in [7, 11) is -0.205. The number of carbonyl (C=O) groups is 1. The molecule has 73 heavy (non-hydrogen) atoms. The molecule has 5 heterocycles. The van der Waals surface area contributed by atoms with Gasteiger partial charge in [0.2, 0.25) is 18.4 Å². The minimum absolute atomic E-state index is 0.0494. The van der Waals surface area contributed by atoms with Crippen LogP contribution in [-0.2, 0) is 67.5 Å². The highest BCUT2D eigenvalue weighted by molar-refractivity contribution is 8.07. The number of aromatic amines is 1. The van der Waals surface area contributed by atoms with Crippen molar-refractivity contribution in [2.75, 3.05) is 45.9 Å². The van der Waals surface area contributed by atoms with E-state index in [9.17, 15) is 19.0 Å². The lowest BCUT2D eigenvalue weighted by Crippen LogP contribution is -2.33. The van der Waals surface area contributed by atoms with Crippen molar-refractivity contribution in [3.63, 3.8) is 0 Å². The first-order chi connectivity index (χ1) is 35.2. The van der Waals surface area contributed by atoms with E-state index in [2.05, 4.69) is 30.1 Å². The summed E-state index contributed by atoms with van der Waals surface area (Å²) in [6.07, 6.45) is -4.37. The molecule has 3 N–H and O–H groups in total. The number of alkyl halides is 1. The minimum atomic E-state index is -3.86. The van der Waals surface area contributed by atoms with Crippen LogP contribution in [0.4, 0.5) is 10.3 Å². The molecule has 3 aromatic carbocycles. The van der Waals surface area contributed by atoms with Gasteiger partial charge in [-0.2, -0.15) is 4.98 Å². The Balaban J connectivity index is 1.06. The van der Waals surface area contributed by atoms with Crippen molar-refractivity contribution >= 4 is 72.6 Å². The van der Waals surface area contributed by atoms with Crippen molar-refractivity contribution in [1.82, 2.24) is 34.1 Å². The highest BCUT2D eigenvalue weighted by atomic mass is 35.5. The summed E-state index contributed by atoms with van der Waals surface area (Å²) in [5, 5.41) is 2.84. The summed E-state index contributed by atoms with van der Waals surface area (Å²) in [6.45, 7) is 5.59. The summed E-state index contributed by atoms with van der Waals surface area (Å²) in [6, 6.07) is 26.5. The van der Waals surface area contributed by atoms with E-state index in [-0.39, 0.29) is 50.0 Å². The van der Waals surface area contributed by atoms with Crippen LogP contribution in [0.5, 0.6) is 11.5 Å².